The van der Waals surface area contributed by atoms with E-state index in [-0.39, 0.29) is 6.54 Å². The highest BCUT2D eigenvalue weighted by molar-refractivity contribution is 5.90. The van der Waals surface area contributed by atoms with Crippen LogP contribution in [0.25, 0.3) is 6.08 Å². The van der Waals surface area contributed by atoms with Crippen molar-refractivity contribution in [1.29, 1.82) is 0 Å². The molecular formula is C18H19NO5. The summed E-state index contributed by atoms with van der Waals surface area (Å²) in [4.78, 5) is 23.7. The third-order valence-corrected chi connectivity index (χ3v) is 3.22. The number of nitrogens with one attached hydrogen (secondary N) is 1. The summed E-state index contributed by atoms with van der Waals surface area (Å²) in [5.74, 6) is 0.260. The maximum atomic E-state index is 11.9. The molecule has 0 aliphatic rings. The summed E-state index contributed by atoms with van der Waals surface area (Å²) in [6, 6.07) is 10.7. The van der Waals surface area contributed by atoms with Gasteiger partial charge in [0.05, 0.1) is 19.9 Å². The number of hydrogen-bond donors (Lipinski definition) is 1. The molecule has 0 unspecified atom stereocenters. The molecule has 1 aromatic carbocycles. The summed E-state index contributed by atoms with van der Waals surface area (Å²) in [5.41, 5.74) is 0.742. The van der Waals surface area contributed by atoms with Crippen LogP contribution < -0.4 is 10.1 Å². The smallest absolute Gasteiger partial charge is 0.331 e. The highest BCUT2D eigenvalue weighted by Gasteiger charge is 2.16. The minimum atomic E-state index is -0.908. The normalized spacial score (nSPS) is 11.9. The molecule has 1 atom stereocenters. The van der Waals surface area contributed by atoms with E-state index in [9.17, 15) is 9.59 Å². The molecule has 0 aliphatic heterocycles. The number of rotatable bonds is 7. The molecule has 0 saturated heterocycles. The number of carbonyl (C=O) groups excluding carboxylic acids is 2. The van der Waals surface area contributed by atoms with E-state index in [0.29, 0.717) is 11.5 Å². The number of carbonyl (C=O) groups is 2. The predicted octanol–water partition coefficient (Wildman–Crippen LogP) is 2.55. The molecule has 0 aliphatic carbocycles. The third-order valence-electron chi connectivity index (χ3n) is 3.22. The lowest BCUT2D eigenvalue weighted by Crippen LogP contribution is -2.35. The first-order chi connectivity index (χ1) is 11.6. The van der Waals surface area contributed by atoms with Gasteiger partial charge in [-0.15, -0.1) is 0 Å². The Morgan fingerprint density at radius 3 is 2.75 bits per heavy atom. The largest absolute Gasteiger partial charge is 0.496 e. The third kappa shape index (κ3) is 5.01. The van der Waals surface area contributed by atoms with Crippen molar-refractivity contribution in [3.8, 4) is 5.75 Å². The molecule has 0 bridgehead atoms. The number of ether oxygens (including phenoxy) is 2. The van der Waals surface area contributed by atoms with Crippen LogP contribution in [0.2, 0.25) is 0 Å². The molecule has 1 N–H and O–H groups in total. The van der Waals surface area contributed by atoms with Gasteiger partial charge in [-0.05, 0) is 31.2 Å². The van der Waals surface area contributed by atoms with E-state index in [2.05, 4.69) is 5.32 Å². The summed E-state index contributed by atoms with van der Waals surface area (Å²) in [5, 5.41) is 2.63. The van der Waals surface area contributed by atoms with Gasteiger partial charge in [0.25, 0.3) is 5.91 Å². The summed E-state index contributed by atoms with van der Waals surface area (Å²) in [6.45, 7) is 1.75. The van der Waals surface area contributed by atoms with Crippen molar-refractivity contribution in [2.24, 2.45) is 0 Å². The predicted molar refractivity (Wildman–Crippen MR) is 88.1 cm³/mol. The molecule has 0 spiro atoms. The molecule has 0 fully saturated rings. The van der Waals surface area contributed by atoms with Gasteiger partial charge in [0.15, 0.2) is 6.10 Å². The van der Waals surface area contributed by atoms with Crippen LogP contribution in [-0.2, 0) is 20.9 Å². The fourth-order valence-corrected chi connectivity index (χ4v) is 1.96. The first kappa shape index (κ1) is 17.3. The molecule has 6 heteroatoms. The van der Waals surface area contributed by atoms with Crippen LogP contribution in [0.1, 0.15) is 18.2 Å². The fraction of sp³-hybridized carbons (Fsp3) is 0.222. The van der Waals surface area contributed by atoms with Crippen LogP contribution in [0.3, 0.4) is 0 Å². The molecule has 6 nitrogen and oxygen atoms in total. The lowest BCUT2D eigenvalue weighted by Gasteiger charge is -2.11. The van der Waals surface area contributed by atoms with E-state index in [4.69, 9.17) is 13.9 Å². The summed E-state index contributed by atoms with van der Waals surface area (Å²) in [7, 11) is 1.55. The Bertz CT molecular complexity index is 706. The van der Waals surface area contributed by atoms with Gasteiger partial charge < -0.3 is 19.2 Å². The van der Waals surface area contributed by atoms with Crippen molar-refractivity contribution in [2.45, 2.75) is 19.6 Å². The van der Waals surface area contributed by atoms with Gasteiger partial charge in [-0.2, -0.15) is 0 Å². The lowest BCUT2D eigenvalue weighted by atomic mass is 10.2. The zero-order valence-corrected chi connectivity index (χ0v) is 13.5. The second-order valence-corrected chi connectivity index (χ2v) is 4.95. The van der Waals surface area contributed by atoms with Crippen molar-refractivity contribution < 1.29 is 23.5 Å². The van der Waals surface area contributed by atoms with Crippen LogP contribution in [0.5, 0.6) is 5.75 Å². The van der Waals surface area contributed by atoms with Gasteiger partial charge in [-0.3, -0.25) is 4.79 Å². The summed E-state index contributed by atoms with van der Waals surface area (Å²) in [6.07, 6.45) is 3.45. The van der Waals surface area contributed by atoms with Crippen LogP contribution in [0.4, 0.5) is 0 Å². The SMILES string of the molecule is COc1ccccc1/C=C/C(=O)O[C@H](C)C(=O)NCc1ccco1. The molecule has 1 amide bonds. The van der Waals surface area contributed by atoms with Gasteiger partial charge >= 0.3 is 5.97 Å². The maximum Gasteiger partial charge on any atom is 0.331 e. The Kier molecular flexibility index (Phi) is 6.19. The summed E-state index contributed by atoms with van der Waals surface area (Å²) >= 11 is 0. The number of methoxy groups -OCH3 is 1. The van der Waals surface area contributed by atoms with Gasteiger partial charge in [0.1, 0.15) is 11.5 Å². The Morgan fingerprint density at radius 2 is 2.04 bits per heavy atom. The van der Waals surface area contributed by atoms with Crippen molar-refractivity contribution >= 4 is 18.0 Å². The van der Waals surface area contributed by atoms with Crippen molar-refractivity contribution in [3.05, 3.63) is 60.1 Å². The average molecular weight is 329 g/mol. The van der Waals surface area contributed by atoms with Gasteiger partial charge in [0, 0.05) is 11.6 Å². The second-order valence-electron chi connectivity index (χ2n) is 4.95. The number of benzene rings is 1. The van der Waals surface area contributed by atoms with Crippen LogP contribution >= 0.6 is 0 Å². The molecule has 1 aromatic heterocycles. The van der Waals surface area contributed by atoms with Gasteiger partial charge in [0.2, 0.25) is 0 Å². The van der Waals surface area contributed by atoms with E-state index in [1.165, 1.54) is 19.3 Å². The van der Waals surface area contributed by atoms with Crippen molar-refractivity contribution in [1.82, 2.24) is 5.32 Å². The molecule has 2 rings (SSSR count). The Balaban J connectivity index is 1.84. The molecular weight excluding hydrogens is 310 g/mol. The summed E-state index contributed by atoms with van der Waals surface area (Å²) < 4.78 is 15.4. The van der Waals surface area contributed by atoms with Crippen LogP contribution in [0, 0.1) is 0 Å². The second kappa shape index (κ2) is 8.57. The van der Waals surface area contributed by atoms with E-state index < -0.39 is 18.0 Å². The minimum Gasteiger partial charge on any atom is -0.496 e. The maximum absolute atomic E-state index is 11.9. The number of amides is 1. The first-order valence-electron chi connectivity index (χ1n) is 7.42. The fourth-order valence-electron chi connectivity index (χ4n) is 1.96. The molecule has 24 heavy (non-hydrogen) atoms. The first-order valence-corrected chi connectivity index (χ1v) is 7.42. The Morgan fingerprint density at radius 1 is 1.25 bits per heavy atom. The highest BCUT2D eigenvalue weighted by atomic mass is 16.5. The number of para-hydroxylation sites is 1. The Hall–Kier alpha value is -3.02. The monoisotopic (exact) mass is 329 g/mol. The van der Waals surface area contributed by atoms with Gasteiger partial charge in [-0.1, -0.05) is 18.2 Å². The topological polar surface area (TPSA) is 77.8 Å². The number of furan rings is 1. The van der Waals surface area contributed by atoms with Crippen molar-refractivity contribution in [3.63, 3.8) is 0 Å². The number of hydrogen-bond acceptors (Lipinski definition) is 5. The molecule has 1 heterocycles. The molecule has 126 valence electrons. The molecule has 0 saturated carbocycles. The van der Waals surface area contributed by atoms with Crippen molar-refractivity contribution in [2.75, 3.05) is 7.11 Å². The van der Waals surface area contributed by atoms with E-state index in [0.717, 1.165) is 5.56 Å². The average Bonchev–Trinajstić information content (AvgIpc) is 3.11. The van der Waals surface area contributed by atoms with E-state index >= 15 is 0 Å². The quantitative estimate of drug-likeness (QED) is 0.624. The van der Waals surface area contributed by atoms with E-state index in [1.807, 2.05) is 18.2 Å². The lowest BCUT2D eigenvalue weighted by molar-refractivity contribution is -0.150. The van der Waals surface area contributed by atoms with Gasteiger partial charge in [-0.25, -0.2) is 4.79 Å². The highest BCUT2D eigenvalue weighted by Crippen LogP contribution is 2.18. The zero-order valence-electron chi connectivity index (χ0n) is 13.5. The van der Waals surface area contributed by atoms with E-state index in [1.54, 1.807) is 31.4 Å². The molecule has 2 aromatic rings. The standard InChI is InChI=1S/C18H19NO5/c1-13(18(21)19-12-15-7-5-11-23-15)24-17(20)10-9-14-6-3-4-8-16(14)22-2/h3-11,13H,12H2,1-2H3,(H,19,21)/b10-9+/t13-/m1/s1. The number of esters is 1. The van der Waals surface area contributed by atoms with Crippen LogP contribution in [0.15, 0.2) is 53.2 Å². The minimum absolute atomic E-state index is 0.241. The van der Waals surface area contributed by atoms with Crippen LogP contribution in [-0.4, -0.2) is 25.1 Å². The molecule has 0 radical (unpaired) electrons. The zero-order chi connectivity index (χ0) is 17.4. The Labute approximate surface area is 140 Å².